The molecule has 0 unspecified atom stereocenters. The Balaban J connectivity index is 1.80. The van der Waals surface area contributed by atoms with Crippen molar-refractivity contribution in [2.45, 2.75) is 19.1 Å². The van der Waals surface area contributed by atoms with Crippen LogP contribution in [0.5, 0.6) is 0 Å². The van der Waals surface area contributed by atoms with Gasteiger partial charge in [-0.15, -0.1) is 0 Å². The summed E-state index contributed by atoms with van der Waals surface area (Å²) in [6.45, 7) is 0.306. The first kappa shape index (κ1) is 17.8. The zero-order valence-electron chi connectivity index (χ0n) is 12.7. The molecule has 24 heavy (non-hydrogen) atoms. The third-order valence-electron chi connectivity index (χ3n) is 3.30. The minimum Gasteiger partial charge on any atom is -0.384 e. The van der Waals surface area contributed by atoms with Crippen molar-refractivity contribution >= 4 is 11.6 Å². The number of carbonyl (C=O) groups excluding carboxylic acids is 1. The number of benzene rings is 2. The third kappa shape index (κ3) is 5.26. The first-order chi connectivity index (χ1) is 11.4. The van der Waals surface area contributed by atoms with Crippen LogP contribution in [0.4, 0.5) is 23.2 Å². The molecular weight excluding hydrogens is 324 g/mol. The average Bonchev–Trinajstić information content (AvgIpc) is 2.54. The second-order valence-electron chi connectivity index (χ2n) is 5.12. The van der Waals surface area contributed by atoms with Crippen LogP contribution in [0, 0.1) is 5.82 Å². The summed E-state index contributed by atoms with van der Waals surface area (Å²) in [6, 6.07) is 10.8. The molecule has 2 aromatic rings. The van der Waals surface area contributed by atoms with E-state index in [1.54, 1.807) is 12.1 Å². The minimum atomic E-state index is -4.45. The van der Waals surface area contributed by atoms with Crippen molar-refractivity contribution in [3.63, 3.8) is 0 Å². The van der Waals surface area contributed by atoms with Crippen LogP contribution in [-0.4, -0.2) is 12.5 Å². The summed E-state index contributed by atoms with van der Waals surface area (Å²) in [5, 5.41) is 5.25. The number of rotatable bonds is 6. The molecule has 0 aromatic heterocycles. The Morgan fingerprint density at radius 3 is 2.33 bits per heavy atom. The van der Waals surface area contributed by atoms with Crippen molar-refractivity contribution in [1.82, 2.24) is 5.32 Å². The number of amides is 1. The number of alkyl halides is 3. The number of carbonyl (C=O) groups is 1. The van der Waals surface area contributed by atoms with Crippen LogP contribution >= 0.6 is 0 Å². The molecule has 0 fully saturated rings. The fourth-order valence-corrected chi connectivity index (χ4v) is 2.09. The van der Waals surface area contributed by atoms with Gasteiger partial charge in [-0.2, -0.15) is 13.2 Å². The van der Waals surface area contributed by atoms with Gasteiger partial charge in [0.15, 0.2) is 0 Å². The molecule has 2 aromatic carbocycles. The average molecular weight is 340 g/mol. The molecule has 2 N–H and O–H groups in total. The smallest absolute Gasteiger partial charge is 0.384 e. The lowest BCUT2D eigenvalue weighted by Crippen LogP contribution is -2.25. The van der Waals surface area contributed by atoms with Crippen LogP contribution in [0.1, 0.15) is 17.5 Å². The molecule has 3 nitrogen and oxygen atoms in total. The molecule has 128 valence electrons. The zero-order valence-corrected chi connectivity index (χ0v) is 12.7. The highest BCUT2D eigenvalue weighted by molar-refractivity contribution is 5.76. The fraction of sp³-hybridized carbons (Fsp3) is 0.235. The quantitative estimate of drug-likeness (QED) is 0.782. The van der Waals surface area contributed by atoms with Crippen molar-refractivity contribution < 1.29 is 22.4 Å². The Kier molecular flexibility index (Phi) is 5.78. The second-order valence-corrected chi connectivity index (χ2v) is 5.12. The van der Waals surface area contributed by atoms with E-state index in [-0.39, 0.29) is 36.9 Å². The molecule has 0 saturated heterocycles. The van der Waals surface area contributed by atoms with Gasteiger partial charge in [0.2, 0.25) is 5.91 Å². The topological polar surface area (TPSA) is 41.1 Å². The van der Waals surface area contributed by atoms with Crippen LogP contribution in [0.15, 0.2) is 48.5 Å². The van der Waals surface area contributed by atoms with Gasteiger partial charge in [0.1, 0.15) is 5.82 Å². The Labute approximate surface area is 136 Å². The van der Waals surface area contributed by atoms with Crippen LogP contribution in [0.3, 0.4) is 0 Å². The predicted molar refractivity (Wildman–Crippen MR) is 82.8 cm³/mol. The highest BCUT2D eigenvalue weighted by atomic mass is 19.4. The van der Waals surface area contributed by atoms with E-state index in [9.17, 15) is 22.4 Å². The molecule has 0 spiro atoms. The van der Waals surface area contributed by atoms with Gasteiger partial charge in [0, 0.05) is 25.2 Å². The molecular formula is C17H16F4N2O. The number of anilines is 1. The summed E-state index contributed by atoms with van der Waals surface area (Å²) in [7, 11) is 0. The Bertz CT molecular complexity index is 684. The minimum absolute atomic E-state index is 0.0212. The molecule has 0 radical (unpaired) electrons. The molecule has 0 aliphatic rings. The lowest BCUT2D eigenvalue weighted by Gasteiger charge is -2.14. The van der Waals surface area contributed by atoms with Gasteiger partial charge in [-0.3, -0.25) is 4.79 Å². The Hall–Kier alpha value is -2.57. The van der Waals surface area contributed by atoms with Crippen LogP contribution in [0.25, 0.3) is 0 Å². The molecule has 1 amide bonds. The summed E-state index contributed by atoms with van der Waals surface area (Å²) < 4.78 is 51.2. The first-order valence-electron chi connectivity index (χ1n) is 7.27. The summed E-state index contributed by atoms with van der Waals surface area (Å²) >= 11 is 0. The van der Waals surface area contributed by atoms with E-state index in [1.165, 1.54) is 30.3 Å². The standard InChI is InChI=1S/C17H16F4N2O/c18-13-7-5-12(6-8-13)11-23-16(24)9-10-22-15-4-2-1-3-14(15)17(19,20)21/h1-8,22H,9-11H2,(H,23,24). The van der Waals surface area contributed by atoms with Gasteiger partial charge < -0.3 is 10.6 Å². The van der Waals surface area contributed by atoms with E-state index >= 15 is 0 Å². The van der Waals surface area contributed by atoms with Gasteiger partial charge in [-0.05, 0) is 29.8 Å². The van der Waals surface area contributed by atoms with Gasteiger partial charge in [-0.25, -0.2) is 4.39 Å². The predicted octanol–water partition coefficient (Wildman–Crippen LogP) is 3.96. The summed E-state index contributed by atoms with van der Waals surface area (Å²) in [5.41, 5.74) is -0.0896. The van der Waals surface area contributed by atoms with Crippen LogP contribution in [0.2, 0.25) is 0 Å². The van der Waals surface area contributed by atoms with Crippen molar-refractivity contribution in [3.05, 3.63) is 65.5 Å². The van der Waals surface area contributed by atoms with E-state index in [0.717, 1.165) is 11.6 Å². The molecule has 7 heteroatoms. The van der Waals surface area contributed by atoms with Crippen molar-refractivity contribution in [1.29, 1.82) is 0 Å². The Morgan fingerprint density at radius 2 is 1.67 bits per heavy atom. The molecule has 0 bridgehead atoms. The normalized spacial score (nSPS) is 11.2. The molecule has 0 aliphatic carbocycles. The first-order valence-corrected chi connectivity index (χ1v) is 7.27. The fourth-order valence-electron chi connectivity index (χ4n) is 2.09. The largest absolute Gasteiger partial charge is 0.418 e. The maximum absolute atomic E-state index is 12.8. The van der Waals surface area contributed by atoms with E-state index in [4.69, 9.17) is 0 Å². The second kappa shape index (κ2) is 7.81. The van der Waals surface area contributed by atoms with E-state index in [1.807, 2.05) is 0 Å². The molecule has 0 heterocycles. The van der Waals surface area contributed by atoms with Crippen molar-refractivity contribution in [2.24, 2.45) is 0 Å². The van der Waals surface area contributed by atoms with Crippen LogP contribution in [-0.2, 0) is 17.5 Å². The van der Waals surface area contributed by atoms with Gasteiger partial charge >= 0.3 is 6.18 Å². The number of hydrogen-bond acceptors (Lipinski definition) is 2. The van der Waals surface area contributed by atoms with Gasteiger partial charge in [0.25, 0.3) is 0 Å². The van der Waals surface area contributed by atoms with Gasteiger partial charge in [0.05, 0.1) is 5.56 Å². The van der Waals surface area contributed by atoms with Gasteiger partial charge in [-0.1, -0.05) is 24.3 Å². The van der Waals surface area contributed by atoms with Crippen molar-refractivity contribution in [2.75, 3.05) is 11.9 Å². The van der Waals surface area contributed by atoms with Crippen molar-refractivity contribution in [3.8, 4) is 0 Å². The number of halogens is 4. The summed E-state index contributed by atoms with van der Waals surface area (Å²) in [5.74, 6) is -0.672. The SMILES string of the molecule is O=C(CCNc1ccccc1C(F)(F)F)NCc1ccc(F)cc1. The Morgan fingerprint density at radius 1 is 1.00 bits per heavy atom. The summed E-state index contributed by atoms with van der Waals surface area (Å²) in [6.07, 6.45) is -4.43. The number of para-hydroxylation sites is 1. The lowest BCUT2D eigenvalue weighted by molar-refractivity contribution is -0.137. The third-order valence-corrected chi connectivity index (χ3v) is 3.30. The zero-order chi connectivity index (χ0) is 17.6. The molecule has 0 atom stereocenters. The molecule has 0 aliphatic heterocycles. The molecule has 0 saturated carbocycles. The van der Waals surface area contributed by atoms with Crippen LogP contribution < -0.4 is 10.6 Å². The summed E-state index contributed by atoms with van der Waals surface area (Å²) in [4.78, 5) is 11.7. The maximum Gasteiger partial charge on any atom is 0.418 e. The molecule has 2 rings (SSSR count). The monoisotopic (exact) mass is 340 g/mol. The van der Waals surface area contributed by atoms with E-state index < -0.39 is 11.7 Å². The number of nitrogens with one attached hydrogen (secondary N) is 2. The van der Waals surface area contributed by atoms with E-state index in [2.05, 4.69) is 10.6 Å². The number of hydrogen-bond donors (Lipinski definition) is 2. The maximum atomic E-state index is 12.8. The highest BCUT2D eigenvalue weighted by Gasteiger charge is 2.32. The van der Waals surface area contributed by atoms with E-state index in [0.29, 0.717) is 0 Å². The lowest BCUT2D eigenvalue weighted by atomic mass is 10.1. The highest BCUT2D eigenvalue weighted by Crippen LogP contribution is 2.34.